The van der Waals surface area contributed by atoms with Crippen molar-refractivity contribution in [3.8, 4) is 11.4 Å². The molecule has 0 radical (unpaired) electrons. The molecule has 4 aliphatic rings. The maximum absolute atomic E-state index is 4.84. The highest BCUT2D eigenvalue weighted by atomic mass is 15.3. The summed E-state index contributed by atoms with van der Waals surface area (Å²) in [5.74, 6) is 2.44. The zero-order valence-electron chi connectivity index (χ0n) is 16.8. The van der Waals surface area contributed by atoms with Crippen LogP contribution in [0.3, 0.4) is 0 Å². The van der Waals surface area contributed by atoms with Crippen molar-refractivity contribution < 1.29 is 0 Å². The van der Waals surface area contributed by atoms with Crippen LogP contribution in [0.1, 0.15) is 88.9 Å². The van der Waals surface area contributed by atoms with Crippen molar-refractivity contribution in [1.29, 1.82) is 0 Å². The first-order valence-electron chi connectivity index (χ1n) is 11.3. The molecule has 0 unspecified atom stereocenters. The van der Waals surface area contributed by atoms with E-state index in [9.17, 15) is 0 Å². The summed E-state index contributed by atoms with van der Waals surface area (Å²) in [4.78, 5) is 0. The number of benzene rings is 1. The fourth-order valence-electron chi connectivity index (χ4n) is 6.21. The number of aryl methyl sites for hydroxylation is 1. The fraction of sp³-hybridized carbons (Fsp3) is 0.667. The summed E-state index contributed by atoms with van der Waals surface area (Å²) in [6.07, 6.45) is 16.2. The number of nitrogens with zero attached hydrogens (tertiary/aromatic N) is 3. The highest BCUT2D eigenvalue weighted by Crippen LogP contribution is 2.59. The van der Waals surface area contributed by atoms with Gasteiger partial charge in [-0.3, -0.25) is 0 Å². The van der Waals surface area contributed by atoms with Gasteiger partial charge < -0.3 is 4.57 Å². The van der Waals surface area contributed by atoms with Crippen molar-refractivity contribution in [2.75, 3.05) is 0 Å². The Kier molecular flexibility index (Phi) is 4.37. The van der Waals surface area contributed by atoms with E-state index in [0.717, 1.165) is 18.8 Å². The van der Waals surface area contributed by atoms with Crippen molar-refractivity contribution >= 4 is 0 Å². The lowest BCUT2D eigenvalue weighted by atomic mass is 9.52. The molecule has 0 N–H and O–H groups in total. The Bertz CT molecular complexity index is 794. The van der Waals surface area contributed by atoms with Crippen LogP contribution in [-0.4, -0.2) is 14.8 Å². The van der Waals surface area contributed by atoms with Gasteiger partial charge >= 0.3 is 0 Å². The van der Waals surface area contributed by atoms with Crippen LogP contribution < -0.4 is 0 Å². The largest absolute Gasteiger partial charge is 0.311 e. The zero-order valence-corrected chi connectivity index (χ0v) is 16.8. The predicted octanol–water partition coefficient (Wildman–Crippen LogP) is 6.06. The minimum atomic E-state index is 0.303. The molecule has 1 aromatic carbocycles. The summed E-state index contributed by atoms with van der Waals surface area (Å²) in [7, 11) is 0. The van der Waals surface area contributed by atoms with Crippen LogP contribution in [0, 0.1) is 5.41 Å². The van der Waals surface area contributed by atoms with E-state index >= 15 is 0 Å². The molecular weight excluding hydrogens is 330 g/mol. The summed E-state index contributed by atoms with van der Waals surface area (Å²) in [5.41, 5.74) is 3.71. The third kappa shape index (κ3) is 2.85. The van der Waals surface area contributed by atoms with Crippen molar-refractivity contribution in [2.24, 2.45) is 5.41 Å². The van der Waals surface area contributed by atoms with Crippen LogP contribution in [0.15, 0.2) is 24.3 Å². The van der Waals surface area contributed by atoms with Gasteiger partial charge in [0.2, 0.25) is 0 Å². The minimum absolute atomic E-state index is 0.303. The number of aromatic nitrogens is 3. The van der Waals surface area contributed by atoms with Crippen molar-refractivity contribution in [1.82, 2.24) is 14.8 Å². The summed E-state index contributed by atoms with van der Waals surface area (Å²) in [6, 6.07) is 8.81. The van der Waals surface area contributed by atoms with E-state index in [1.54, 1.807) is 0 Å². The topological polar surface area (TPSA) is 30.7 Å². The Balaban J connectivity index is 1.43. The number of rotatable bonds is 5. The van der Waals surface area contributed by atoms with E-state index in [4.69, 9.17) is 10.2 Å². The smallest absolute Gasteiger partial charge is 0.164 e. The Morgan fingerprint density at radius 2 is 1.74 bits per heavy atom. The molecule has 2 bridgehead atoms. The van der Waals surface area contributed by atoms with Crippen LogP contribution in [-0.2, 0) is 18.4 Å². The lowest BCUT2D eigenvalue weighted by Gasteiger charge is -2.53. The first-order chi connectivity index (χ1) is 13.3. The number of unbranched alkanes of at least 4 members (excludes halogenated alkanes) is 2. The molecule has 2 heterocycles. The Hall–Kier alpha value is -1.64. The van der Waals surface area contributed by atoms with E-state index in [1.165, 1.54) is 87.6 Å². The minimum Gasteiger partial charge on any atom is -0.311 e. The standard InChI is InChI=1S/C24H33N3/c1-2-3-6-11-23-12-15-24(16-13-23,17-14-23)22-26-25-21-20-10-5-4-8-19(20)9-7-18-27(21)22/h4-5,8,10H,2-3,6-7,9,11-18H2,1H3. The molecule has 6 rings (SSSR count). The molecule has 0 atom stereocenters. The molecule has 3 saturated carbocycles. The Labute approximate surface area is 163 Å². The molecule has 0 spiro atoms. The SMILES string of the molecule is CCCCCC12CCC(c3nnc4n3CCCc3ccccc3-4)(CC1)CC2. The van der Waals surface area contributed by atoms with Gasteiger partial charge in [0.1, 0.15) is 5.82 Å². The van der Waals surface area contributed by atoms with Gasteiger partial charge in [0, 0.05) is 17.5 Å². The van der Waals surface area contributed by atoms with E-state index in [2.05, 4.69) is 35.8 Å². The van der Waals surface area contributed by atoms with E-state index < -0.39 is 0 Å². The molecule has 0 saturated heterocycles. The number of hydrogen-bond acceptors (Lipinski definition) is 2. The summed E-state index contributed by atoms with van der Waals surface area (Å²) in [6.45, 7) is 3.40. The van der Waals surface area contributed by atoms with E-state index in [1.807, 2.05) is 0 Å². The molecular formula is C24H33N3. The summed E-state index contributed by atoms with van der Waals surface area (Å²) in [5, 5.41) is 9.58. The van der Waals surface area contributed by atoms with Crippen LogP contribution in [0.2, 0.25) is 0 Å². The van der Waals surface area contributed by atoms with Crippen molar-refractivity contribution in [2.45, 2.75) is 95.9 Å². The molecule has 3 aliphatic carbocycles. The zero-order chi connectivity index (χ0) is 18.3. The van der Waals surface area contributed by atoms with Gasteiger partial charge in [-0.1, -0.05) is 50.5 Å². The van der Waals surface area contributed by atoms with Gasteiger partial charge in [0.15, 0.2) is 5.82 Å². The summed E-state index contributed by atoms with van der Waals surface area (Å²) < 4.78 is 2.50. The Morgan fingerprint density at radius 1 is 0.963 bits per heavy atom. The fourth-order valence-corrected chi connectivity index (χ4v) is 6.21. The second-order valence-corrected chi connectivity index (χ2v) is 9.50. The van der Waals surface area contributed by atoms with Crippen LogP contribution in [0.5, 0.6) is 0 Å². The maximum atomic E-state index is 4.84. The molecule has 144 valence electrons. The molecule has 3 nitrogen and oxygen atoms in total. The number of hydrogen-bond donors (Lipinski definition) is 0. The maximum Gasteiger partial charge on any atom is 0.164 e. The lowest BCUT2D eigenvalue weighted by molar-refractivity contribution is 0.0245. The summed E-state index contributed by atoms with van der Waals surface area (Å²) >= 11 is 0. The highest BCUT2D eigenvalue weighted by Gasteiger charge is 2.51. The van der Waals surface area contributed by atoms with Gasteiger partial charge in [-0.05, 0) is 68.8 Å². The highest BCUT2D eigenvalue weighted by molar-refractivity contribution is 5.61. The van der Waals surface area contributed by atoms with Gasteiger partial charge in [-0.25, -0.2) is 0 Å². The lowest BCUT2D eigenvalue weighted by Crippen LogP contribution is -2.45. The van der Waals surface area contributed by atoms with Crippen LogP contribution in [0.25, 0.3) is 11.4 Å². The molecule has 2 aromatic rings. The van der Waals surface area contributed by atoms with Gasteiger partial charge in [-0.15, -0.1) is 10.2 Å². The quantitative estimate of drug-likeness (QED) is 0.604. The van der Waals surface area contributed by atoms with Gasteiger partial charge in [0.05, 0.1) is 0 Å². The van der Waals surface area contributed by atoms with Crippen LogP contribution >= 0.6 is 0 Å². The molecule has 1 aliphatic heterocycles. The molecule has 3 fully saturated rings. The van der Waals surface area contributed by atoms with Crippen molar-refractivity contribution in [3.63, 3.8) is 0 Å². The van der Waals surface area contributed by atoms with E-state index in [0.29, 0.717) is 10.8 Å². The first-order valence-corrected chi connectivity index (χ1v) is 11.3. The van der Waals surface area contributed by atoms with Crippen LogP contribution in [0.4, 0.5) is 0 Å². The first kappa shape index (κ1) is 17.5. The van der Waals surface area contributed by atoms with Gasteiger partial charge in [-0.2, -0.15) is 0 Å². The Morgan fingerprint density at radius 3 is 2.52 bits per heavy atom. The van der Waals surface area contributed by atoms with Crippen molar-refractivity contribution in [3.05, 3.63) is 35.7 Å². The average molecular weight is 364 g/mol. The van der Waals surface area contributed by atoms with Gasteiger partial charge in [0.25, 0.3) is 0 Å². The molecule has 3 heteroatoms. The monoisotopic (exact) mass is 363 g/mol. The normalized spacial score (nSPS) is 29.2. The molecule has 27 heavy (non-hydrogen) atoms. The predicted molar refractivity (Wildman–Crippen MR) is 110 cm³/mol. The van der Waals surface area contributed by atoms with E-state index in [-0.39, 0.29) is 0 Å². The second-order valence-electron chi connectivity index (χ2n) is 9.50. The third-order valence-electron chi connectivity index (χ3n) is 8.02. The third-order valence-corrected chi connectivity index (χ3v) is 8.02. The molecule has 0 amide bonds. The molecule has 1 aromatic heterocycles. The number of fused-ring (bicyclic) bond motifs is 6. The second kappa shape index (κ2) is 6.76. The average Bonchev–Trinajstić information content (AvgIpc) is 3.06.